The zero-order valence-corrected chi connectivity index (χ0v) is 10.4. The van der Waals surface area contributed by atoms with Crippen molar-refractivity contribution < 1.29 is 14.7 Å². The Hall–Kier alpha value is -2.54. The predicted molar refractivity (Wildman–Crippen MR) is 71.0 cm³/mol. The van der Waals surface area contributed by atoms with Gasteiger partial charge < -0.3 is 10.4 Å². The molecule has 6 nitrogen and oxygen atoms in total. The summed E-state index contributed by atoms with van der Waals surface area (Å²) in [6.07, 6.45) is 3.97. The zero-order valence-electron chi connectivity index (χ0n) is 9.61. The maximum atomic E-state index is 11.9. The van der Waals surface area contributed by atoms with Gasteiger partial charge in [0.05, 0.1) is 4.88 Å². The lowest BCUT2D eigenvalue weighted by Gasteiger charge is -1.99. The highest BCUT2D eigenvalue weighted by Gasteiger charge is 2.09. The van der Waals surface area contributed by atoms with Crippen molar-refractivity contribution in [3.05, 3.63) is 46.3 Å². The van der Waals surface area contributed by atoms with E-state index in [4.69, 9.17) is 5.11 Å². The predicted octanol–water partition coefficient (Wildman–Crippen LogP) is 1.89. The van der Waals surface area contributed by atoms with Gasteiger partial charge in [-0.15, -0.1) is 16.4 Å². The highest BCUT2D eigenvalue weighted by atomic mass is 32.1. The SMILES string of the molecule is O=C(O)/C=C/c1ccc(C(=O)Nc2cccnn2)s1. The Morgan fingerprint density at radius 3 is 2.84 bits per heavy atom. The Labute approximate surface area is 112 Å². The quantitative estimate of drug-likeness (QED) is 0.831. The number of nitrogens with one attached hydrogen (secondary N) is 1. The number of carbonyl (C=O) groups excluding carboxylic acids is 1. The van der Waals surface area contributed by atoms with Crippen LogP contribution in [0.25, 0.3) is 6.08 Å². The van der Waals surface area contributed by atoms with Crippen LogP contribution >= 0.6 is 11.3 Å². The molecule has 1 amide bonds. The number of aliphatic carboxylic acids is 1. The van der Waals surface area contributed by atoms with Gasteiger partial charge in [-0.05, 0) is 30.3 Å². The van der Waals surface area contributed by atoms with Crippen LogP contribution in [0.4, 0.5) is 5.82 Å². The van der Waals surface area contributed by atoms with E-state index in [2.05, 4.69) is 15.5 Å². The summed E-state index contributed by atoms with van der Waals surface area (Å²) in [5, 5.41) is 18.5. The number of carbonyl (C=O) groups is 2. The number of hydrogen-bond donors (Lipinski definition) is 2. The smallest absolute Gasteiger partial charge is 0.328 e. The van der Waals surface area contributed by atoms with Gasteiger partial charge in [0.1, 0.15) is 0 Å². The van der Waals surface area contributed by atoms with Crippen LogP contribution in [0, 0.1) is 0 Å². The van der Waals surface area contributed by atoms with Crippen molar-refractivity contribution in [1.29, 1.82) is 0 Å². The first-order valence-electron chi connectivity index (χ1n) is 5.25. The fourth-order valence-electron chi connectivity index (χ4n) is 1.26. The second-order valence-electron chi connectivity index (χ2n) is 3.44. The second kappa shape index (κ2) is 5.87. The molecule has 0 aliphatic carbocycles. The lowest BCUT2D eigenvalue weighted by molar-refractivity contribution is -0.131. The van der Waals surface area contributed by atoms with Gasteiger partial charge in [0.2, 0.25) is 0 Å². The minimum atomic E-state index is -1.03. The first-order valence-corrected chi connectivity index (χ1v) is 6.07. The molecule has 0 radical (unpaired) electrons. The largest absolute Gasteiger partial charge is 0.478 e. The number of thiophene rings is 1. The normalized spacial score (nSPS) is 10.5. The van der Waals surface area contributed by atoms with Crippen LogP contribution in [0.3, 0.4) is 0 Å². The summed E-state index contributed by atoms with van der Waals surface area (Å²) in [4.78, 5) is 23.4. The van der Waals surface area contributed by atoms with Gasteiger partial charge in [-0.2, -0.15) is 5.10 Å². The van der Waals surface area contributed by atoms with Crippen LogP contribution in [-0.4, -0.2) is 27.2 Å². The lowest BCUT2D eigenvalue weighted by Crippen LogP contribution is -2.11. The van der Waals surface area contributed by atoms with Gasteiger partial charge in [-0.3, -0.25) is 4.79 Å². The Balaban J connectivity index is 2.06. The number of anilines is 1. The molecular weight excluding hydrogens is 266 g/mol. The Kier molecular flexibility index (Phi) is 3.99. The van der Waals surface area contributed by atoms with Gasteiger partial charge in [-0.1, -0.05) is 0 Å². The van der Waals surface area contributed by atoms with Crippen molar-refractivity contribution in [2.75, 3.05) is 5.32 Å². The first-order chi connectivity index (χ1) is 9.15. The Bertz CT molecular complexity index is 622. The van der Waals surface area contributed by atoms with E-state index in [0.717, 1.165) is 6.08 Å². The summed E-state index contributed by atoms with van der Waals surface area (Å²) >= 11 is 1.19. The first kappa shape index (κ1) is 12.9. The lowest BCUT2D eigenvalue weighted by atomic mass is 10.4. The molecule has 0 saturated carbocycles. The maximum Gasteiger partial charge on any atom is 0.328 e. The summed E-state index contributed by atoms with van der Waals surface area (Å²) in [6, 6.07) is 6.59. The Morgan fingerprint density at radius 2 is 2.16 bits per heavy atom. The molecule has 0 unspecified atom stereocenters. The summed E-state index contributed by atoms with van der Waals surface area (Å²) in [6.45, 7) is 0. The van der Waals surface area contributed by atoms with E-state index in [9.17, 15) is 9.59 Å². The molecule has 0 aromatic carbocycles. The molecule has 7 heteroatoms. The van der Waals surface area contributed by atoms with Gasteiger partial charge in [0.15, 0.2) is 5.82 Å². The van der Waals surface area contributed by atoms with E-state index in [1.807, 2.05) is 0 Å². The molecule has 0 saturated heterocycles. The van der Waals surface area contributed by atoms with Crippen LogP contribution in [0.15, 0.2) is 36.5 Å². The third kappa shape index (κ3) is 3.71. The third-order valence-corrected chi connectivity index (χ3v) is 3.10. The van der Waals surface area contributed by atoms with Crippen LogP contribution in [-0.2, 0) is 4.79 Å². The van der Waals surface area contributed by atoms with Gasteiger partial charge >= 0.3 is 5.97 Å². The van der Waals surface area contributed by atoms with E-state index in [1.54, 1.807) is 24.3 Å². The third-order valence-electron chi connectivity index (χ3n) is 2.05. The van der Waals surface area contributed by atoms with E-state index in [0.29, 0.717) is 15.6 Å². The molecule has 0 spiro atoms. The van der Waals surface area contributed by atoms with Crippen molar-refractivity contribution in [1.82, 2.24) is 10.2 Å². The summed E-state index contributed by atoms with van der Waals surface area (Å²) in [5.41, 5.74) is 0. The standard InChI is InChI=1S/C12H9N3O3S/c16-11(17)6-4-8-3-5-9(19-8)12(18)14-10-2-1-7-13-15-10/h1-7H,(H,16,17)(H,14,15,18)/b6-4+. The molecule has 19 heavy (non-hydrogen) atoms. The van der Waals surface area contributed by atoms with E-state index >= 15 is 0 Å². The summed E-state index contributed by atoms with van der Waals surface area (Å²) < 4.78 is 0. The molecule has 2 N–H and O–H groups in total. The number of aromatic nitrogens is 2. The molecule has 0 bridgehead atoms. The molecule has 0 fully saturated rings. The average Bonchev–Trinajstić information content (AvgIpc) is 2.86. The van der Waals surface area contributed by atoms with Crippen molar-refractivity contribution in [2.24, 2.45) is 0 Å². The van der Waals surface area contributed by atoms with Gasteiger partial charge in [0, 0.05) is 17.2 Å². The number of nitrogens with zero attached hydrogens (tertiary/aromatic N) is 2. The minimum Gasteiger partial charge on any atom is -0.478 e. The Morgan fingerprint density at radius 1 is 1.32 bits per heavy atom. The van der Waals surface area contributed by atoms with E-state index in [1.165, 1.54) is 23.6 Å². The summed E-state index contributed by atoms with van der Waals surface area (Å²) in [7, 11) is 0. The molecule has 2 rings (SSSR count). The summed E-state index contributed by atoms with van der Waals surface area (Å²) in [5.74, 6) is -0.969. The molecule has 96 valence electrons. The minimum absolute atomic E-state index is 0.305. The van der Waals surface area contributed by atoms with Gasteiger partial charge in [0.25, 0.3) is 5.91 Å². The van der Waals surface area contributed by atoms with Crippen molar-refractivity contribution in [2.45, 2.75) is 0 Å². The number of hydrogen-bond acceptors (Lipinski definition) is 5. The second-order valence-corrected chi connectivity index (χ2v) is 4.55. The van der Waals surface area contributed by atoms with Crippen LogP contribution in [0.1, 0.15) is 14.5 Å². The molecule has 2 aromatic rings. The molecule has 0 atom stereocenters. The molecule has 0 aliphatic rings. The molecule has 2 heterocycles. The zero-order chi connectivity index (χ0) is 13.7. The van der Waals surface area contributed by atoms with Crippen molar-refractivity contribution in [3.8, 4) is 0 Å². The number of rotatable bonds is 4. The number of carboxylic acids is 1. The molecule has 2 aromatic heterocycles. The average molecular weight is 275 g/mol. The van der Waals surface area contributed by atoms with Crippen molar-refractivity contribution >= 4 is 35.1 Å². The van der Waals surface area contributed by atoms with Gasteiger partial charge in [-0.25, -0.2) is 4.79 Å². The topological polar surface area (TPSA) is 92.2 Å². The molecular formula is C12H9N3O3S. The highest BCUT2D eigenvalue weighted by Crippen LogP contribution is 2.19. The fraction of sp³-hybridized carbons (Fsp3) is 0. The van der Waals surface area contributed by atoms with E-state index < -0.39 is 5.97 Å². The van der Waals surface area contributed by atoms with Crippen LogP contribution < -0.4 is 5.32 Å². The van der Waals surface area contributed by atoms with Crippen molar-refractivity contribution in [3.63, 3.8) is 0 Å². The van der Waals surface area contributed by atoms with Crippen LogP contribution in [0.2, 0.25) is 0 Å². The number of carboxylic acid groups (broad SMARTS) is 1. The number of amides is 1. The highest BCUT2D eigenvalue weighted by molar-refractivity contribution is 7.15. The fourth-order valence-corrected chi connectivity index (χ4v) is 2.07. The monoisotopic (exact) mass is 275 g/mol. The van der Waals surface area contributed by atoms with E-state index in [-0.39, 0.29) is 5.91 Å². The van der Waals surface area contributed by atoms with Crippen LogP contribution in [0.5, 0.6) is 0 Å². The maximum absolute atomic E-state index is 11.9. The molecule has 0 aliphatic heterocycles.